The SMILES string of the molecule is Cc1ccc2c(c1)C(C)(C)C(=CC=CC1=[N+](CCCCCC(=O)NCc3ccc(COc4nc(N)nc5[nH]ccc45)cc3)c3ccc(S(=O)(=O)O)cc3C1(C)C)N2CCOCCNC(=O)C1(C)CCc2c(C)c(O)c(C)c(C)c2O1. The Hall–Kier alpha value is -7.54. The molecule has 9 rings (SSSR count). The molecule has 1 atom stereocenters. The fourth-order valence-electron chi connectivity index (χ4n) is 11.4. The number of H-pyrrole nitrogens is 1. The highest BCUT2D eigenvalue weighted by molar-refractivity contribution is 7.85. The van der Waals surface area contributed by atoms with Gasteiger partial charge in [0.1, 0.15) is 30.3 Å². The van der Waals surface area contributed by atoms with Gasteiger partial charge in [-0.3, -0.25) is 14.1 Å². The van der Waals surface area contributed by atoms with Gasteiger partial charge in [0, 0.05) is 85.2 Å². The summed E-state index contributed by atoms with van der Waals surface area (Å²) in [5.74, 6) is 1.26. The Morgan fingerprint density at radius 1 is 0.887 bits per heavy atom. The lowest BCUT2D eigenvalue weighted by atomic mass is 9.81. The quantitative estimate of drug-likeness (QED) is 0.0224. The monoisotopic (exact) mass is 1110 g/mol. The topological polar surface area (TPSA) is 234 Å². The summed E-state index contributed by atoms with van der Waals surface area (Å²) in [5.41, 5.74) is 16.9. The van der Waals surface area contributed by atoms with Crippen molar-refractivity contribution < 1.29 is 46.5 Å². The molecule has 80 heavy (non-hydrogen) atoms. The van der Waals surface area contributed by atoms with Crippen molar-refractivity contribution in [1.29, 1.82) is 0 Å². The van der Waals surface area contributed by atoms with E-state index in [1.165, 1.54) is 11.6 Å². The zero-order valence-corrected chi connectivity index (χ0v) is 48.2. The summed E-state index contributed by atoms with van der Waals surface area (Å²) in [6, 6.07) is 21.0. The molecule has 0 bridgehead atoms. The van der Waals surface area contributed by atoms with E-state index >= 15 is 0 Å². The summed E-state index contributed by atoms with van der Waals surface area (Å²) >= 11 is 0. The van der Waals surface area contributed by atoms with Gasteiger partial charge in [0.05, 0.1) is 28.9 Å². The van der Waals surface area contributed by atoms with Gasteiger partial charge in [-0.15, -0.1) is 0 Å². The maximum absolute atomic E-state index is 13.6. The number of nitrogens with one attached hydrogen (secondary N) is 3. The fourth-order valence-corrected chi connectivity index (χ4v) is 11.9. The Morgan fingerprint density at radius 3 is 2.41 bits per heavy atom. The molecule has 2 amide bonds. The lowest BCUT2D eigenvalue weighted by Gasteiger charge is -2.36. The summed E-state index contributed by atoms with van der Waals surface area (Å²) in [6.07, 6.45) is 11.8. The number of fused-ring (bicyclic) bond motifs is 4. The highest BCUT2D eigenvalue weighted by Gasteiger charge is 2.46. The van der Waals surface area contributed by atoms with Crippen LogP contribution in [0.4, 0.5) is 17.3 Å². The summed E-state index contributed by atoms with van der Waals surface area (Å²) in [7, 11) is -4.45. The molecule has 18 heteroatoms. The number of rotatable bonds is 21. The number of nitrogens with zero attached hydrogens (tertiary/aromatic N) is 4. The average molecular weight is 1110 g/mol. The van der Waals surface area contributed by atoms with E-state index in [1.54, 1.807) is 18.3 Å². The third kappa shape index (κ3) is 11.7. The minimum absolute atomic E-state index is 0.0321. The molecule has 0 saturated heterocycles. The number of phenolic OH excluding ortho intramolecular Hbond substituents is 1. The van der Waals surface area contributed by atoms with Crippen LogP contribution in [0, 0.1) is 27.7 Å². The Kier molecular flexibility index (Phi) is 16.4. The first-order valence-corrected chi connectivity index (χ1v) is 28.9. The number of hydrogen-bond acceptors (Lipinski definition) is 12. The smallest absolute Gasteiger partial charge is 0.294 e. The second-order valence-corrected chi connectivity index (χ2v) is 24.0. The van der Waals surface area contributed by atoms with Crippen molar-refractivity contribution in [3.63, 3.8) is 0 Å². The van der Waals surface area contributed by atoms with Crippen LogP contribution in [0.2, 0.25) is 0 Å². The van der Waals surface area contributed by atoms with E-state index < -0.39 is 21.1 Å². The number of carbonyl (C=O) groups is 2. The number of ether oxygens (including phenoxy) is 3. The van der Waals surface area contributed by atoms with Crippen LogP contribution >= 0.6 is 0 Å². The third-order valence-electron chi connectivity index (χ3n) is 16.3. The molecule has 17 nitrogen and oxygen atoms in total. The highest BCUT2D eigenvalue weighted by atomic mass is 32.2. The molecule has 6 aromatic rings. The van der Waals surface area contributed by atoms with Crippen LogP contribution in [0.5, 0.6) is 17.4 Å². The van der Waals surface area contributed by atoms with Gasteiger partial charge in [-0.2, -0.15) is 23.0 Å². The molecule has 4 aromatic carbocycles. The van der Waals surface area contributed by atoms with Crippen LogP contribution in [-0.4, -0.2) is 93.6 Å². The molecular weight excluding hydrogens is 1030 g/mol. The number of aryl methyl sites for hydroxylation is 1. The molecule has 3 aliphatic heterocycles. The number of nitrogen functional groups attached to an aromatic ring is 1. The van der Waals surface area contributed by atoms with E-state index in [1.807, 2.05) is 58.0 Å². The van der Waals surface area contributed by atoms with Gasteiger partial charge in [0.15, 0.2) is 11.3 Å². The van der Waals surface area contributed by atoms with Gasteiger partial charge >= 0.3 is 0 Å². The first-order valence-electron chi connectivity index (χ1n) is 27.5. The summed E-state index contributed by atoms with van der Waals surface area (Å²) < 4.78 is 55.6. The molecule has 7 N–H and O–H groups in total. The van der Waals surface area contributed by atoms with Crippen molar-refractivity contribution in [2.45, 2.75) is 135 Å². The number of phenols is 1. The van der Waals surface area contributed by atoms with Crippen LogP contribution in [0.15, 0.2) is 102 Å². The number of allylic oxidation sites excluding steroid dienone is 4. The van der Waals surface area contributed by atoms with Gasteiger partial charge in [-0.05, 0) is 131 Å². The van der Waals surface area contributed by atoms with Gasteiger partial charge < -0.3 is 45.6 Å². The van der Waals surface area contributed by atoms with Crippen LogP contribution in [0.25, 0.3) is 11.0 Å². The van der Waals surface area contributed by atoms with E-state index in [0.717, 1.165) is 85.5 Å². The van der Waals surface area contributed by atoms with E-state index in [-0.39, 0.29) is 33.8 Å². The van der Waals surface area contributed by atoms with E-state index in [2.05, 4.69) is 106 Å². The number of unbranched alkanes of at least 4 members (excludes halogenated alkanes) is 2. The van der Waals surface area contributed by atoms with E-state index in [4.69, 9.17) is 19.9 Å². The Bertz CT molecular complexity index is 3580. The number of benzene rings is 4. The molecule has 0 spiro atoms. The van der Waals surface area contributed by atoms with Crippen LogP contribution in [0.1, 0.15) is 117 Å². The summed E-state index contributed by atoms with van der Waals surface area (Å²) in [6.45, 7) is 21.1. The first kappa shape index (κ1) is 57.2. The average Bonchev–Trinajstić information content (AvgIpc) is 4.24. The number of nitrogens with two attached hydrogens (primary N) is 1. The standard InChI is InChI=1S/C62H74N8O9S/c1-38-17-23-49-47(34-38)60(5,6)52(70(49)31-33-77-32-29-65-58(73)62(9)27-25-45-41(4)54(72)39(2)40(3)55(45)79-62)15-13-14-51-61(7,8)48-35-44(80(74,75)76)22-24-50(48)69(51)30-12-10-11-16-53(71)66-36-42-18-20-43(21-19-42)37-78-57-46-26-28-64-56(46)67-59(63)68-57/h13-15,17-24,26,28,34-35H,10-12,16,25,27,29-33,36-37H2,1-9H3,(H6-,63,64,65,66,67,68,71,72,73,74,75,76)/p+1. The molecule has 0 fully saturated rings. The van der Waals surface area contributed by atoms with Crippen LogP contribution < -0.4 is 30.7 Å². The number of aromatic amines is 1. The Labute approximate surface area is 469 Å². The second kappa shape index (κ2) is 22.9. The number of anilines is 2. The zero-order valence-electron chi connectivity index (χ0n) is 47.4. The molecule has 2 aromatic heterocycles. The predicted octanol–water partition coefficient (Wildman–Crippen LogP) is 9.71. The molecule has 1 unspecified atom stereocenters. The third-order valence-corrected chi connectivity index (χ3v) is 17.1. The molecule has 3 aliphatic rings. The first-order chi connectivity index (χ1) is 38.0. The van der Waals surface area contributed by atoms with Crippen molar-refractivity contribution in [2.75, 3.05) is 43.5 Å². The highest BCUT2D eigenvalue weighted by Crippen LogP contribution is 2.49. The normalized spacial score (nSPS) is 17.7. The van der Waals surface area contributed by atoms with Crippen molar-refractivity contribution in [3.8, 4) is 17.4 Å². The van der Waals surface area contributed by atoms with Crippen LogP contribution in [-0.2, 0) is 54.8 Å². The number of aromatic nitrogens is 3. The van der Waals surface area contributed by atoms with Gasteiger partial charge in [-0.1, -0.05) is 61.9 Å². The number of aromatic hydroxyl groups is 1. The number of hydrogen-bond donors (Lipinski definition) is 6. The zero-order chi connectivity index (χ0) is 57.3. The largest absolute Gasteiger partial charge is 0.507 e. The molecule has 0 radical (unpaired) electrons. The second-order valence-electron chi connectivity index (χ2n) is 22.6. The van der Waals surface area contributed by atoms with Crippen molar-refractivity contribution in [1.82, 2.24) is 25.6 Å². The minimum Gasteiger partial charge on any atom is -0.507 e. The summed E-state index contributed by atoms with van der Waals surface area (Å²) in [5, 5.41) is 17.5. The van der Waals surface area contributed by atoms with Gasteiger partial charge in [0.2, 0.25) is 23.4 Å². The maximum Gasteiger partial charge on any atom is 0.294 e. The molecule has 5 heterocycles. The predicted molar refractivity (Wildman–Crippen MR) is 311 cm³/mol. The maximum atomic E-state index is 13.6. The van der Waals surface area contributed by atoms with Crippen molar-refractivity contribution in [3.05, 3.63) is 147 Å². The molecular formula is C62H75N8O9S+. The van der Waals surface area contributed by atoms with E-state index in [0.29, 0.717) is 89.0 Å². The van der Waals surface area contributed by atoms with Gasteiger partial charge in [0.25, 0.3) is 16.0 Å². The van der Waals surface area contributed by atoms with E-state index in [9.17, 15) is 27.7 Å². The number of carbonyl (C=O) groups excluding carboxylic acids is 2. The lowest BCUT2D eigenvalue weighted by molar-refractivity contribution is -0.438. The molecule has 422 valence electrons. The number of amides is 2. The molecule has 0 saturated carbocycles. The lowest BCUT2D eigenvalue weighted by Crippen LogP contribution is -2.51. The Balaban J connectivity index is 0.819. The Morgan fingerprint density at radius 2 is 1.65 bits per heavy atom. The summed E-state index contributed by atoms with van der Waals surface area (Å²) in [4.78, 5) is 40.2. The van der Waals surface area contributed by atoms with Crippen molar-refractivity contribution in [2.24, 2.45) is 0 Å². The van der Waals surface area contributed by atoms with Crippen molar-refractivity contribution >= 4 is 56.0 Å². The van der Waals surface area contributed by atoms with Gasteiger partial charge in [-0.25, -0.2) is 0 Å². The minimum atomic E-state index is -4.45. The molecule has 0 aliphatic carbocycles. The van der Waals surface area contributed by atoms with Crippen LogP contribution in [0.3, 0.4) is 0 Å². The fraction of sp³-hybridized carbons (Fsp3) is 0.403.